The van der Waals surface area contributed by atoms with Gasteiger partial charge in [-0.05, 0) is 170 Å². The number of halogens is 1. The van der Waals surface area contributed by atoms with Gasteiger partial charge in [-0.2, -0.15) is 0 Å². The summed E-state index contributed by atoms with van der Waals surface area (Å²) in [6.07, 6.45) is 16.4. The second kappa shape index (κ2) is 36.7. The van der Waals surface area contributed by atoms with Crippen LogP contribution in [-0.2, 0) is 72.0 Å². The summed E-state index contributed by atoms with van der Waals surface area (Å²) < 4.78 is 44.7. The molecule has 1 saturated heterocycles. The lowest BCUT2D eigenvalue weighted by molar-refractivity contribution is -0.143. The number of rotatable bonds is 14. The SMILES string of the molecule is C.C.C=Cc1ccc2c(ccc3occ(C4CCC(=O)CC4=O)c32)c1.C=Cc1ccc2c(ccc3occ(CC(=O)OCC)c32)c1.CCOC(=O)Cc1coc2ccc3cc(Br)ccc3c12.O=C1CCC(c2coc3ccc4cc(CN5CCOCC5)ccc4c23)C(=O)C1.O=Cc1ccc2c(ccc3occ(C4CCC(=O)CC4=O)c32)c1. The van der Waals surface area contributed by atoms with Gasteiger partial charge in [0, 0.05) is 121 Å². The molecule has 15 aromatic rings. The standard InChI is InChI=1S/C23H23NO4.C20H16O3.C19H14O4.C18H16O3.C16H13BrO3.2CH4/c25-17-3-5-19(21(26)12-17)20-14-28-22-6-2-16-11-15(1-4-18(16)23(20)22)13-24-7-9-27-10-8-24;1-2-12-3-6-15-13(9-12)4-8-19-20(15)17(11-23-19)16-7-5-14(21)10-18(16)22;20-9-11-1-4-14-12(7-11)2-6-18-19(14)16(10-23-18)15-5-3-13(21)8-17(15)22;1-3-12-5-7-15-13(9-12)6-8-16-18(15)14(11-21-16)10-17(19)20-4-2;1-2-19-15(18)8-11-9-20-14-6-3-10-7-12(17)4-5-13(10)16(11)14;;/h1-2,4,6,11,14,19H,3,5,7-10,12-13H2;2-4,6,8-9,11,16H,1,5,7,10H2;1-2,4,6-7,9-10,15H,3,5,8H2;3,5-9,11H,1,4,10H2,2H3;3-7,9H,2,8H2,1H3;2*1H4. The summed E-state index contributed by atoms with van der Waals surface area (Å²) in [6, 6.07) is 50.0. The number of ketones is 6. The number of esters is 2. The van der Waals surface area contributed by atoms with E-state index in [0.29, 0.717) is 57.3 Å². The highest BCUT2D eigenvalue weighted by Crippen LogP contribution is 2.43. The zero-order chi connectivity index (χ0) is 80.0. The number of hydrogen-bond acceptors (Lipinski definition) is 18. The Kier molecular flexibility index (Phi) is 25.9. The van der Waals surface area contributed by atoms with Crippen LogP contribution in [-0.4, -0.2) is 97.3 Å². The molecule has 3 atom stereocenters. The van der Waals surface area contributed by atoms with Crippen LogP contribution < -0.4 is 0 Å². The van der Waals surface area contributed by atoms with Crippen molar-refractivity contribution in [3.63, 3.8) is 0 Å². The van der Waals surface area contributed by atoms with Gasteiger partial charge < -0.3 is 36.3 Å². The maximum absolute atomic E-state index is 12.5. The van der Waals surface area contributed by atoms with E-state index in [9.17, 15) is 43.2 Å². The van der Waals surface area contributed by atoms with Crippen LogP contribution >= 0.6 is 15.9 Å². The Morgan fingerprint density at radius 3 is 1.16 bits per heavy atom. The lowest BCUT2D eigenvalue weighted by Gasteiger charge is -2.26. The van der Waals surface area contributed by atoms with Crippen LogP contribution in [0.4, 0.5) is 0 Å². The monoisotopic (exact) mass is 1630 g/mol. The fourth-order valence-electron chi connectivity index (χ4n) is 16.4. The van der Waals surface area contributed by atoms with Crippen LogP contribution in [0.1, 0.15) is 159 Å². The maximum atomic E-state index is 12.5. The minimum absolute atomic E-state index is 0. The van der Waals surface area contributed by atoms with Crippen LogP contribution in [0.15, 0.2) is 223 Å². The molecule has 1 aliphatic heterocycles. The molecular formula is C98H90BrNO17. The van der Waals surface area contributed by atoms with E-state index in [-0.39, 0.29) is 111 Å². The zero-order valence-electron chi connectivity index (χ0n) is 63.7. The Morgan fingerprint density at radius 2 is 0.778 bits per heavy atom. The third kappa shape index (κ3) is 17.8. The van der Waals surface area contributed by atoms with Gasteiger partial charge in [-0.3, -0.25) is 48.1 Å². The van der Waals surface area contributed by atoms with Crippen LogP contribution in [0, 0.1) is 0 Å². The zero-order valence-corrected chi connectivity index (χ0v) is 65.3. The molecule has 0 radical (unpaired) electrons. The van der Waals surface area contributed by atoms with Crippen molar-refractivity contribution in [2.24, 2.45) is 0 Å². The molecule has 5 aromatic heterocycles. The Bertz CT molecular complexity index is 6230. The van der Waals surface area contributed by atoms with E-state index in [1.165, 1.54) is 5.56 Å². The lowest BCUT2D eigenvalue weighted by Crippen LogP contribution is -2.35. The second-order valence-electron chi connectivity index (χ2n) is 29.3. The first-order valence-electron chi connectivity index (χ1n) is 38.7. The summed E-state index contributed by atoms with van der Waals surface area (Å²) in [5.41, 5.74) is 12.3. The molecule has 3 aliphatic carbocycles. The van der Waals surface area contributed by atoms with Gasteiger partial charge in [0.1, 0.15) is 68.9 Å². The Hall–Kier alpha value is -12.3. The van der Waals surface area contributed by atoms with Gasteiger partial charge in [0.2, 0.25) is 0 Å². The highest BCUT2D eigenvalue weighted by molar-refractivity contribution is 9.10. The first kappa shape index (κ1) is 82.7. The third-order valence-corrected chi connectivity index (χ3v) is 22.5. The number of carbonyl (C=O) groups excluding carboxylic acids is 9. The minimum Gasteiger partial charge on any atom is -0.466 e. The van der Waals surface area contributed by atoms with E-state index in [2.05, 4.69) is 76.5 Å². The molecule has 0 N–H and O–H groups in total. The average Bonchev–Trinajstić information content (AvgIpc) is 1.66. The number of furan rings is 5. The number of Topliss-reactive ketones (excluding diaryl/α,β-unsaturated/α-hetero) is 6. The molecule has 6 heterocycles. The van der Waals surface area contributed by atoms with Crippen LogP contribution in [0.5, 0.6) is 0 Å². The first-order valence-corrected chi connectivity index (χ1v) is 39.5. The maximum Gasteiger partial charge on any atom is 0.310 e. The largest absolute Gasteiger partial charge is 0.466 e. The van der Waals surface area contributed by atoms with E-state index in [1.807, 2.05) is 115 Å². The molecule has 3 saturated carbocycles. The van der Waals surface area contributed by atoms with Crippen LogP contribution in [0.3, 0.4) is 0 Å². The summed E-state index contributed by atoms with van der Waals surface area (Å²) in [6.45, 7) is 16.4. The van der Waals surface area contributed by atoms with Gasteiger partial charge in [-0.25, -0.2) is 0 Å². The lowest BCUT2D eigenvalue weighted by atomic mass is 9.81. The summed E-state index contributed by atoms with van der Waals surface area (Å²) in [5, 5.41) is 15.6. The van der Waals surface area contributed by atoms with Gasteiger partial charge in [0.25, 0.3) is 0 Å². The summed E-state index contributed by atoms with van der Waals surface area (Å²) >= 11 is 3.47. The predicted octanol–water partition coefficient (Wildman–Crippen LogP) is 22.3. The summed E-state index contributed by atoms with van der Waals surface area (Å²) in [5.74, 6) is -1.15. The number of nitrogens with zero attached hydrogens (tertiary/aromatic N) is 1. The van der Waals surface area contributed by atoms with Crippen molar-refractivity contribution >= 4 is 190 Å². The van der Waals surface area contributed by atoms with Crippen molar-refractivity contribution in [2.75, 3.05) is 39.5 Å². The molecule has 19 rings (SSSR count). The molecule has 4 aliphatic rings. The Morgan fingerprint density at radius 1 is 0.436 bits per heavy atom. The fourth-order valence-corrected chi connectivity index (χ4v) is 16.8. The van der Waals surface area contributed by atoms with E-state index < -0.39 is 0 Å². The summed E-state index contributed by atoms with van der Waals surface area (Å²) in [4.78, 5) is 108. The van der Waals surface area contributed by atoms with Crippen molar-refractivity contribution in [3.05, 3.63) is 251 Å². The molecule has 4 fully saturated rings. The molecule has 0 bridgehead atoms. The molecule has 10 aromatic carbocycles. The van der Waals surface area contributed by atoms with Crippen molar-refractivity contribution in [3.8, 4) is 0 Å². The van der Waals surface area contributed by atoms with Gasteiger partial charge >= 0.3 is 11.9 Å². The fraction of sp³-hybridized carbons (Fsp3) is 0.255. The van der Waals surface area contributed by atoms with Crippen molar-refractivity contribution < 1.29 is 79.4 Å². The Balaban J connectivity index is 0.000000127. The summed E-state index contributed by atoms with van der Waals surface area (Å²) in [7, 11) is 0. The number of benzene rings is 10. The molecular weight excluding hydrogens is 1540 g/mol. The molecule has 0 spiro atoms. The predicted molar refractivity (Wildman–Crippen MR) is 462 cm³/mol. The van der Waals surface area contributed by atoms with E-state index in [0.717, 1.165) is 191 Å². The van der Waals surface area contributed by atoms with E-state index in [1.54, 1.807) is 51.2 Å². The number of fused-ring (bicyclic) bond motifs is 15. The topological polar surface area (TPSA) is 250 Å². The molecule has 117 heavy (non-hydrogen) atoms. The number of carbonyl (C=O) groups is 9. The molecule has 3 unspecified atom stereocenters. The third-order valence-electron chi connectivity index (χ3n) is 22.0. The van der Waals surface area contributed by atoms with E-state index >= 15 is 0 Å². The molecule has 0 amide bonds. The van der Waals surface area contributed by atoms with Crippen LogP contribution in [0.25, 0.3) is 121 Å². The smallest absolute Gasteiger partial charge is 0.310 e. The Labute approximate surface area is 683 Å². The van der Waals surface area contributed by atoms with Gasteiger partial charge in [-0.1, -0.05) is 141 Å². The number of morpholine rings is 1. The highest BCUT2D eigenvalue weighted by Gasteiger charge is 2.34. The average molecular weight is 1630 g/mol. The van der Waals surface area contributed by atoms with Crippen molar-refractivity contribution in [2.45, 2.75) is 124 Å². The highest BCUT2D eigenvalue weighted by atomic mass is 79.9. The van der Waals surface area contributed by atoms with E-state index in [4.69, 9.17) is 36.3 Å². The molecule has 596 valence electrons. The van der Waals surface area contributed by atoms with Gasteiger partial charge in [-0.15, -0.1) is 0 Å². The number of aldehydes is 1. The first-order chi connectivity index (χ1) is 55.9. The van der Waals surface area contributed by atoms with Crippen LogP contribution in [0.2, 0.25) is 0 Å². The van der Waals surface area contributed by atoms with Crippen molar-refractivity contribution in [1.82, 2.24) is 4.90 Å². The minimum atomic E-state index is -0.287. The number of hydrogen-bond donors (Lipinski definition) is 0. The van der Waals surface area contributed by atoms with Gasteiger partial charge in [0.05, 0.1) is 89.8 Å². The molecule has 19 heteroatoms. The van der Waals surface area contributed by atoms with Crippen molar-refractivity contribution in [1.29, 1.82) is 0 Å². The second-order valence-corrected chi connectivity index (χ2v) is 30.3. The normalized spacial score (nSPS) is 16.4. The van der Waals surface area contributed by atoms with Gasteiger partial charge in [0.15, 0.2) is 0 Å². The quantitative estimate of drug-likeness (QED) is 0.0557. The number of ether oxygens (including phenoxy) is 3. The molecule has 18 nitrogen and oxygen atoms in total.